The Morgan fingerprint density at radius 1 is 1.06 bits per heavy atom. The van der Waals surface area contributed by atoms with Crippen LogP contribution in [0.1, 0.15) is 50.0 Å². The summed E-state index contributed by atoms with van der Waals surface area (Å²) >= 11 is 0. The quantitative estimate of drug-likeness (QED) is 0.324. The topological polar surface area (TPSA) is 128 Å². The van der Waals surface area contributed by atoms with Crippen LogP contribution in [0.2, 0.25) is 0 Å². The van der Waals surface area contributed by atoms with Crippen LogP contribution in [0.3, 0.4) is 0 Å². The van der Waals surface area contributed by atoms with Gasteiger partial charge in [0.15, 0.2) is 17.0 Å². The van der Waals surface area contributed by atoms with Gasteiger partial charge in [-0.25, -0.2) is 4.98 Å². The summed E-state index contributed by atoms with van der Waals surface area (Å²) in [6, 6.07) is 15.8. The standard InChI is InChI=1S/C26H31N7O/c1-16(27)14-22-30-23-24(31-26(28)32-25(23)33(22)19-6-2-3-7-19)29-15-17-10-12-18(13-11-17)20-8-4-5-9-21(20)34/h4-5,8-13,16,19,34H,2-3,6-7,14-15,27H2,1H3,(H3,28,29,31,32). The number of hydrogen-bond acceptors (Lipinski definition) is 7. The summed E-state index contributed by atoms with van der Waals surface area (Å²) in [6.07, 6.45) is 5.34. The maximum absolute atomic E-state index is 10.1. The lowest BCUT2D eigenvalue weighted by Gasteiger charge is -2.16. The highest BCUT2D eigenvalue weighted by atomic mass is 16.3. The van der Waals surface area contributed by atoms with Crippen molar-refractivity contribution in [3.8, 4) is 16.9 Å². The van der Waals surface area contributed by atoms with E-state index in [1.54, 1.807) is 6.07 Å². The first-order valence-electron chi connectivity index (χ1n) is 11.9. The van der Waals surface area contributed by atoms with Gasteiger partial charge >= 0.3 is 0 Å². The number of fused-ring (bicyclic) bond motifs is 1. The number of aromatic nitrogens is 4. The number of nitrogens with one attached hydrogen (secondary N) is 1. The zero-order chi connectivity index (χ0) is 23.7. The van der Waals surface area contributed by atoms with Crippen LogP contribution in [-0.4, -0.2) is 30.7 Å². The van der Waals surface area contributed by atoms with Crippen LogP contribution in [0.4, 0.5) is 11.8 Å². The number of nitrogens with two attached hydrogens (primary N) is 2. The van der Waals surface area contributed by atoms with E-state index in [9.17, 15) is 5.11 Å². The number of imidazole rings is 1. The van der Waals surface area contributed by atoms with Crippen LogP contribution in [0, 0.1) is 0 Å². The van der Waals surface area contributed by atoms with Crippen molar-refractivity contribution in [2.24, 2.45) is 5.73 Å². The number of rotatable bonds is 7. The first kappa shape index (κ1) is 22.2. The fourth-order valence-electron chi connectivity index (χ4n) is 4.84. The lowest BCUT2D eigenvalue weighted by Crippen LogP contribution is -2.21. The van der Waals surface area contributed by atoms with Crippen molar-refractivity contribution in [2.75, 3.05) is 11.1 Å². The second-order valence-corrected chi connectivity index (χ2v) is 9.19. The van der Waals surface area contributed by atoms with Gasteiger partial charge in [0.25, 0.3) is 0 Å². The second-order valence-electron chi connectivity index (χ2n) is 9.19. The van der Waals surface area contributed by atoms with Crippen LogP contribution in [0.25, 0.3) is 22.3 Å². The fourth-order valence-corrected chi connectivity index (χ4v) is 4.84. The van der Waals surface area contributed by atoms with Gasteiger partial charge in [-0.05, 0) is 37.0 Å². The normalized spacial score (nSPS) is 15.1. The molecule has 1 unspecified atom stereocenters. The molecule has 1 fully saturated rings. The van der Waals surface area contributed by atoms with Gasteiger partial charge < -0.3 is 26.5 Å². The van der Waals surface area contributed by atoms with Crippen LogP contribution >= 0.6 is 0 Å². The Morgan fingerprint density at radius 2 is 1.79 bits per heavy atom. The minimum absolute atomic E-state index is 0.00115. The molecule has 0 bridgehead atoms. The summed E-state index contributed by atoms with van der Waals surface area (Å²) in [4.78, 5) is 14.0. The van der Waals surface area contributed by atoms with Gasteiger partial charge in [0.05, 0.1) is 0 Å². The molecule has 1 aliphatic rings. The van der Waals surface area contributed by atoms with Crippen LogP contribution in [0.5, 0.6) is 5.75 Å². The Kier molecular flexibility index (Phi) is 6.06. The lowest BCUT2D eigenvalue weighted by molar-refractivity contribution is 0.477. The molecular formula is C26H31N7O. The monoisotopic (exact) mass is 457 g/mol. The van der Waals surface area contributed by atoms with E-state index in [1.165, 1.54) is 12.8 Å². The molecule has 0 amide bonds. The Labute approximate surface area is 199 Å². The molecule has 1 atom stereocenters. The number of nitrogens with zero attached hydrogens (tertiary/aromatic N) is 4. The number of anilines is 2. The fraction of sp³-hybridized carbons (Fsp3) is 0.346. The molecule has 2 aromatic carbocycles. The van der Waals surface area contributed by atoms with Crippen molar-refractivity contribution in [3.63, 3.8) is 0 Å². The molecule has 34 heavy (non-hydrogen) atoms. The number of hydrogen-bond donors (Lipinski definition) is 4. The lowest BCUT2D eigenvalue weighted by atomic mass is 10.0. The predicted octanol–water partition coefficient (Wildman–Crippen LogP) is 4.40. The van der Waals surface area contributed by atoms with Crippen molar-refractivity contribution >= 4 is 22.9 Å². The van der Waals surface area contributed by atoms with E-state index in [0.717, 1.165) is 46.5 Å². The third-order valence-corrected chi connectivity index (χ3v) is 6.45. The number of phenolic OH excluding ortho intramolecular Hbond substituents is 1. The van der Waals surface area contributed by atoms with Gasteiger partial charge in [-0.15, -0.1) is 0 Å². The van der Waals surface area contributed by atoms with Gasteiger partial charge in [-0.2, -0.15) is 9.97 Å². The van der Waals surface area contributed by atoms with Crippen LogP contribution in [-0.2, 0) is 13.0 Å². The van der Waals surface area contributed by atoms with Crippen molar-refractivity contribution in [2.45, 2.75) is 57.7 Å². The molecule has 8 nitrogen and oxygen atoms in total. The molecule has 0 aliphatic heterocycles. The Morgan fingerprint density at radius 3 is 2.50 bits per heavy atom. The summed E-state index contributed by atoms with van der Waals surface area (Å²) in [5.74, 6) is 2.09. The molecule has 1 aliphatic carbocycles. The van der Waals surface area contributed by atoms with Gasteiger partial charge in [0.1, 0.15) is 11.6 Å². The van der Waals surface area contributed by atoms with Gasteiger partial charge in [0.2, 0.25) is 5.95 Å². The maximum atomic E-state index is 10.1. The largest absolute Gasteiger partial charge is 0.507 e. The number of para-hydroxylation sites is 1. The summed E-state index contributed by atoms with van der Waals surface area (Å²) in [5, 5.41) is 13.5. The number of nitrogen functional groups attached to an aromatic ring is 1. The molecule has 1 saturated carbocycles. The van der Waals surface area contributed by atoms with Crippen LogP contribution in [0.15, 0.2) is 48.5 Å². The van der Waals surface area contributed by atoms with E-state index in [2.05, 4.69) is 19.9 Å². The molecule has 0 saturated heterocycles. The molecular weight excluding hydrogens is 426 g/mol. The molecule has 2 aromatic heterocycles. The Hall–Kier alpha value is -3.65. The van der Waals surface area contributed by atoms with Crippen LogP contribution < -0.4 is 16.8 Å². The molecule has 0 spiro atoms. The highest BCUT2D eigenvalue weighted by Gasteiger charge is 2.25. The molecule has 176 valence electrons. The summed E-state index contributed by atoms with van der Waals surface area (Å²) < 4.78 is 2.25. The minimum Gasteiger partial charge on any atom is -0.507 e. The molecule has 4 aromatic rings. The number of aromatic hydroxyl groups is 1. The highest BCUT2D eigenvalue weighted by Crippen LogP contribution is 2.35. The van der Waals surface area contributed by atoms with Crippen molar-refractivity contribution in [1.29, 1.82) is 0 Å². The second kappa shape index (κ2) is 9.30. The number of phenols is 1. The van der Waals surface area contributed by atoms with Gasteiger partial charge in [0, 0.05) is 30.6 Å². The van der Waals surface area contributed by atoms with E-state index in [-0.39, 0.29) is 17.7 Å². The smallest absolute Gasteiger partial charge is 0.224 e. The summed E-state index contributed by atoms with van der Waals surface area (Å²) in [5.41, 5.74) is 16.6. The highest BCUT2D eigenvalue weighted by molar-refractivity contribution is 5.85. The van der Waals surface area contributed by atoms with E-state index >= 15 is 0 Å². The SMILES string of the molecule is CC(N)Cc1nc2c(NCc3ccc(-c4ccccc4O)cc3)nc(N)nc2n1C1CCCC1. The average Bonchev–Trinajstić information content (AvgIpc) is 3.45. The van der Waals surface area contributed by atoms with Crippen molar-refractivity contribution < 1.29 is 5.11 Å². The maximum Gasteiger partial charge on any atom is 0.224 e. The van der Waals surface area contributed by atoms with Crippen molar-refractivity contribution in [3.05, 3.63) is 59.9 Å². The van der Waals surface area contributed by atoms with Crippen molar-refractivity contribution in [1.82, 2.24) is 19.5 Å². The summed E-state index contributed by atoms with van der Waals surface area (Å²) in [7, 11) is 0. The third kappa shape index (κ3) is 4.41. The van der Waals surface area contributed by atoms with Gasteiger partial charge in [-0.1, -0.05) is 55.3 Å². The Balaban J connectivity index is 1.43. The molecule has 8 heteroatoms. The van der Waals surface area contributed by atoms with E-state index in [0.29, 0.717) is 24.8 Å². The first-order chi connectivity index (χ1) is 16.5. The summed E-state index contributed by atoms with van der Waals surface area (Å²) in [6.45, 7) is 2.56. The van der Waals surface area contributed by atoms with E-state index in [4.69, 9.17) is 16.5 Å². The zero-order valence-electron chi connectivity index (χ0n) is 19.4. The third-order valence-electron chi connectivity index (χ3n) is 6.45. The molecule has 5 rings (SSSR count). The Bertz CT molecular complexity index is 1290. The number of benzene rings is 2. The average molecular weight is 458 g/mol. The molecule has 0 radical (unpaired) electrons. The molecule has 6 N–H and O–H groups in total. The first-order valence-corrected chi connectivity index (χ1v) is 11.9. The zero-order valence-corrected chi connectivity index (χ0v) is 19.4. The van der Waals surface area contributed by atoms with E-state index in [1.807, 2.05) is 49.4 Å². The molecule has 2 heterocycles. The minimum atomic E-state index is 0.00115. The predicted molar refractivity (Wildman–Crippen MR) is 135 cm³/mol. The van der Waals surface area contributed by atoms with Gasteiger partial charge in [-0.3, -0.25) is 0 Å². The van der Waals surface area contributed by atoms with E-state index < -0.39 is 0 Å².